The average molecular weight is 561 g/mol. The number of nitrogens with zero attached hydrogens (tertiary/aromatic N) is 2. The standard InChI is InChI=1S/C31H33N2Te/c1-31(2)13-16-32(3)26-19-27-23(18-25(26)31)28(20-9-5-4-6-10-20)24-17-21-11-7-14-33-15-8-12-22(29(21)33)30(24)34-27/h4-6,9-10,17-19H,7-8,11-16H2,1-3H3/q+1. The van der Waals surface area contributed by atoms with Gasteiger partial charge in [0.1, 0.15) is 0 Å². The summed E-state index contributed by atoms with van der Waals surface area (Å²) < 4.78 is 6.09. The van der Waals surface area contributed by atoms with Gasteiger partial charge in [0.15, 0.2) is 0 Å². The zero-order valence-corrected chi connectivity index (χ0v) is 22.9. The molecule has 4 aliphatic rings. The molecule has 0 aromatic heterocycles. The van der Waals surface area contributed by atoms with Crippen molar-refractivity contribution in [1.82, 2.24) is 4.58 Å². The maximum atomic E-state index is 2.71. The van der Waals surface area contributed by atoms with Crippen LogP contribution in [0.15, 0.2) is 48.5 Å². The van der Waals surface area contributed by atoms with Gasteiger partial charge in [-0.15, -0.1) is 0 Å². The Hall–Kier alpha value is -2.08. The summed E-state index contributed by atoms with van der Waals surface area (Å²) in [6.07, 6.45) is 6.33. The van der Waals surface area contributed by atoms with Crippen molar-refractivity contribution in [3.05, 3.63) is 86.9 Å². The molecule has 4 heterocycles. The van der Waals surface area contributed by atoms with E-state index in [-0.39, 0.29) is 5.41 Å². The van der Waals surface area contributed by atoms with Gasteiger partial charge in [0, 0.05) is 0 Å². The van der Waals surface area contributed by atoms with Gasteiger partial charge in [0.25, 0.3) is 0 Å². The second-order valence-corrected chi connectivity index (χ2v) is 14.2. The first kappa shape index (κ1) is 21.2. The Morgan fingerprint density at radius 3 is 2.59 bits per heavy atom. The van der Waals surface area contributed by atoms with Crippen LogP contribution in [0, 0.1) is 0 Å². The first-order valence-electron chi connectivity index (χ1n) is 13.0. The summed E-state index contributed by atoms with van der Waals surface area (Å²) in [7, 11) is 2.29. The molecule has 0 saturated heterocycles. The molecule has 34 heavy (non-hydrogen) atoms. The molecule has 3 heteroatoms. The maximum absolute atomic E-state index is 2.71. The number of benzene rings is 3. The summed E-state index contributed by atoms with van der Waals surface area (Å²) in [6, 6.07) is 19.1. The average Bonchev–Trinajstić information content (AvgIpc) is 2.85. The van der Waals surface area contributed by atoms with E-state index in [2.05, 4.69) is 78.9 Å². The van der Waals surface area contributed by atoms with Crippen molar-refractivity contribution in [1.29, 1.82) is 0 Å². The number of hydrogen-bond donors (Lipinski definition) is 0. The summed E-state index contributed by atoms with van der Waals surface area (Å²) in [5.41, 5.74) is 11.0. The molecule has 0 saturated carbocycles. The monoisotopic (exact) mass is 563 g/mol. The number of hydrogen-bond acceptors (Lipinski definition) is 1. The zero-order chi connectivity index (χ0) is 23.0. The summed E-state index contributed by atoms with van der Waals surface area (Å²) in [4.78, 5) is 2.50. The van der Waals surface area contributed by atoms with Crippen LogP contribution in [0.1, 0.15) is 60.9 Å². The van der Waals surface area contributed by atoms with Gasteiger partial charge >= 0.3 is 214 Å². The fraction of sp³-hybridized carbons (Fsp3) is 0.387. The molecule has 0 unspecified atom stereocenters. The van der Waals surface area contributed by atoms with Crippen LogP contribution in [0.25, 0.3) is 5.57 Å². The molecular weight excluding hydrogens is 528 g/mol. The second-order valence-electron chi connectivity index (χ2n) is 11.2. The Bertz CT molecular complexity index is 1460. The molecule has 0 spiro atoms. The van der Waals surface area contributed by atoms with Crippen molar-refractivity contribution in [3.8, 4) is 0 Å². The van der Waals surface area contributed by atoms with E-state index in [1.165, 1.54) is 73.1 Å². The Kier molecular flexibility index (Phi) is 4.81. The van der Waals surface area contributed by atoms with Gasteiger partial charge in [-0.25, -0.2) is 0 Å². The van der Waals surface area contributed by atoms with E-state index in [9.17, 15) is 0 Å². The van der Waals surface area contributed by atoms with E-state index in [0.29, 0.717) is 0 Å². The fourth-order valence-corrected chi connectivity index (χ4v) is 10.3. The summed E-state index contributed by atoms with van der Waals surface area (Å²) >= 11 is -0.450. The van der Waals surface area contributed by atoms with Gasteiger partial charge in [0.2, 0.25) is 0 Å². The Labute approximate surface area is 213 Å². The van der Waals surface area contributed by atoms with E-state index >= 15 is 0 Å². The molecule has 0 radical (unpaired) electrons. The zero-order valence-electron chi connectivity index (χ0n) is 20.6. The summed E-state index contributed by atoms with van der Waals surface area (Å²) in [5, 5.41) is 3.20. The minimum atomic E-state index is -0.450. The Morgan fingerprint density at radius 2 is 1.76 bits per heavy atom. The molecule has 0 aliphatic carbocycles. The van der Waals surface area contributed by atoms with E-state index < -0.39 is 20.9 Å². The molecule has 0 N–H and O–H groups in total. The van der Waals surface area contributed by atoms with Crippen LogP contribution < -0.4 is 27.3 Å². The number of fused-ring (bicyclic) bond motifs is 4. The van der Waals surface area contributed by atoms with Gasteiger partial charge < -0.3 is 0 Å². The SMILES string of the molecule is CN1CCC(C)(C)c2cc3c(cc21)[Te]c1c2c4c(cc1=C3c1ccccc1)CCC[N+]=4CCC2. The van der Waals surface area contributed by atoms with Gasteiger partial charge in [-0.05, 0) is 0 Å². The number of anilines is 1. The van der Waals surface area contributed by atoms with Crippen molar-refractivity contribution in [2.75, 3.05) is 31.6 Å². The van der Waals surface area contributed by atoms with Gasteiger partial charge in [-0.3, -0.25) is 0 Å². The van der Waals surface area contributed by atoms with Crippen molar-refractivity contribution in [2.24, 2.45) is 0 Å². The molecule has 3 aromatic rings. The first-order chi connectivity index (χ1) is 16.5. The quantitative estimate of drug-likeness (QED) is 0.256. The first-order valence-corrected chi connectivity index (χ1v) is 15.3. The van der Waals surface area contributed by atoms with E-state index in [1.54, 1.807) is 28.9 Å². The van der Waals surface area contributed by atoms with Crippen molar-refractivity contribution in [2.45, 2.75) is 51.4 Å². The molecule has 172 valence electrons. The summed E-state index contributed by atoms with van der Waals surface area (Å²) in [5.74, 6) is 0. The molecule has 0 fully saturated rings. The number of aryl methyl sites for hydroxylation is 1. The molecule has 0 bridgehead atoms. The van der Waals surface area contributed by atoms with Gasteiger partial charge in [-0.1, -0.05) is 0 Å². The molecule has 0 amide bonds. The van der Waals surface area contributed by atoms with E-state index in [4.69, 9.17) is 0 Å². The summed E-state index contributed by atoms with van der Waals surface area (Å²) in [6.45, 7) is 8.53. The third kappa shape index (κ3) is 3.09. The van der Waals surface area contributed by atoms with Crippen LogP contribution in [-0.4, -0.2) is 47.6 Å². The van der Waals surface area contributed by atoms with Crippen LogP contribution in [0.3, 0.4) is 0 Å². The van der Waals surface area contributed by atoms with Crippen molar-refractivity contribution in [3.63, 3.8) is 0 Å². The molecule has 7 rings (SSSR count). The van der Waals surface area contributed by atoms with E-state index in [0.717, 1.165) is 6.54 Å². The van der Waals surface area contributed by atoms with E-state index in [1.807, 2.05) is 0 Å². The van der Waals surface area contributed by atoms with Crippen LogP contribution >= 0.6 is 0 Å². The molecule has 4 aliphatic heterocycles. The predicted octanol–water partition coefficient (Wildman–Crippen LogP) is 2.40. The number of rotatable bonds is 1. The Balaban J connectivity index is 1.62. The topological polar surface area (TPSA) is 6.25 Å². The fourth-order valence-electron chi connectivity index (χ4n) is 6.71. The normalized spacial score (nSPS) is 19.8. The third-order valence-corrected chi connectivity index (χ3v) is 12.1. The molecule has 0 atom stereocenters. The molecule has 2 nitrogen and oxygen atoms in total. The molecular formula is C31H33N2Te+. The van der Waals surface area contributed by atoms with Crippen LogP contribution in [-0.2, 0) is 18.3 Å². The van der Waals surface area contributed by atoms with Gasteiger partial charge in [0.05, 0.1) is 0 Å². The molecule has 3 aromatic carbocycles. The van der Waals surface area contributed by atoms with Crippen LogP contribution in [0.5, 0.6) is 0 Å². The third-order valence-electron chi connectivity index (χ3n) is 8.60. The Morgan fingerprint density at radius 1 is 0.971 bits per heavy atom. The van der Waals surface area contributed by atoms with Crippen molar-refractivity contribution >= 4 is 39.4 Å². The van der Waals surface area contributed by atoms with Crippen molar-refractivity contribution < 1.29 is 0 Å². The van der Waals surface area contributed by atoms with Crippen LogP contribution in [0.2, 0.25) is 0 Å². The minimum absolute atomic E-state index is 0.224. The second kappa shape index (κ2) is 7.71. The predicted molar refractivity (Wildman–Crippen MR) is 144 cm³/mol. The van der Waals surface area contributed by atoms with Gasteiger partial charge in [-0.2, -0.15) is 0 Å². The van der Waals surface area contributed by atoms with Crippen LogP contribution in [0.4, 0.5) is 5.69 Å².